The van der Waals surface area contributed by atoms with Crippen molar-refractivity contribution in [2.24, 2.45) is 5.73 Å². The lowest BCUT2D eigenvalue weighted by molar-refractivity contribution is 0.509. The normalized spacial score (nSPS) is 14.3. The third-order valence-electron chi connectivity index (χ3n) is 11.7. The van der Waals surface area contributed by atoms with Gasteiger partial charge in [-0.15, -0.1) is 11.3 Å². The summed E-state index contributed by atoms with van der Waals surface area (Å²) in [6.07, 6.45) is 4.15. The van der Waals surface area contributed by atoms with E-state index in [1.165, 1.54) is 75.5 Å². The molecule has 0 aliphatic heterocycles. The van der Waals surface area contributed by atoms with Gasteiger partial charge in [0.2, 0.25) is 0 Å². The van der Waals surface area contributed by atoms with Crippen molar-refractivity contribution in [2.75, 3.05) is 0 Å². The van der Waals surface area contributed by atoms with E-state index in [4.69, 9.17) is 5.73 Å². The molecule has 3 heteroatoms. The maximum atomic E-state index is 6.81. The number of nitrogens with one attached hydrogen (secondary N) is 1. The maximum Gasteiger partial charge on any atom is 0.0817 e. The van der Waals surface area contributed by atoms with Crippen LogP contribution in [0.5, 0.6) is 0 Å². The number of hydrogen-bond donors (Lipinski definition) is 2. The molecule has 0 saturated heterocycles. The molecule has 2 unspecified atom stereocenters. The summed E-state index contributed by atoms with van der Waals surface area (Å²) in [7, 11) is 0. The van der Waals surface area contributed by atoms with Crippen molar-refractivity contribution in [1.82, 2.24) is 5.32 Å². The Balaban J connectivity index is 0.987. The van der Waals surface area contributed by atoms with E-state index < -0.39 is 0 Å². The van der Waals surface area contributed by atoms with E-state index in [0.717, 1.165) is 16.7 Å². The van der Waals surface area contributed by atoms with Gasteiger partial charge in [-0.2, -0.15) is 0 Å². The summed E-state index contributed by atoms with van der Waals surface area (Å²) in [6, 6.07) is 63.8. The Kier molecular flexibility index (Phi) is 8.53. The molecule has 0 saturated carbocycles. The highest BCUT2D eigenvalue weighted by Crippen LogP contribution is 2.53. The zero-order chi connectivity index (χ0) is 37.8. The number of hydrogen-bond acceptors (Lipinski definition) is 3. The third-order valence-corrected chi connectivity index (χ3v) is 12.9. The molecule has 0 radical (unpaired) electrons. The highest BCUT2D eigenvalue weighted by molar-refractivity contribution is 7.25. The van der Waals surface area contributed by atoms with Crippen LogP contribution in [0.15, 0.2) is 182 Å². The van der Waals surface area contributed by atoms with Gasteiger partial charge in [0.05, 0.1) is 12.2 Å². The van der Waals surface area contributed by atoms with Crippen molar-refractivity contribution in [3.63, 3.8) is 0 Å². The molecule has 8 aromatic carbocycles. The Morgan fingerprint density at radius 2 is 1.25 bits per heavy atom. The number of nitrogens with two attached hydrogens (primary N) is 1. The van der Waals surface area contributed by atoms with Gasteiger partial charge in [0, 0.05) is 25.6 Å². The number of thiophene rings is 1. The van der Waals surface area contributed by atoms with E-state index in [9.17, 15) is 0 Å². The van der Waals surface area contributed by atoms with E-state index in [0.29, 0.717) is 0 Å². The highest BCUT2D eigenvalue weighted by Gasteiger charge is 2.37. The van der Waals surface area contributed by atoms with E-state index in [2.05, 4.69) is 189 Å². The lowest BCUT2D eigenvalue weighted by atomic mass is 9.81. The van der Waals surface area contributed by atoms with Crippen molar-refractivity contribution in [3.05, 3.63) is 210 Å². The van der Waals surface area contributed by atoms with E-state index in [1.54, 1.807) is 0 Å². The predicted molar refractivity (Wildman–Crippen MR) is 240 cm³/mol. The Labute approximate surface area is 332 Å². The van der Waals surface area contributed by atoms with Crippen LogP contribution >= 0.6 is 11.3 Å². The van der Waals surface area contributed by atoms with Gasteiger partial charge < -0.3 is 5.73 Å². The second kappa shape index (κ2) is 13.9. The van der Waals surface area contributed by atoms with Crippen LogP contribution in [-0.2, 0) is 5.41 Å². The van der Waals surface area contributed by atoms with Crippen LogP contribution in [0.2, 0.25) is 0 Å². The van der Waals surface area contributed by atoms with Gasteiger partial charge in [-0.3, -0.25) is 5.32 Å². The quantitative estimate of drug-likeness (QED) is 0.152. The standard InChI is InChI=1S/C53H42N2S/c1-53(2)46-20-11-19-42(51(46)45-31-38-15-6-7-16-39(38)32-47(45)53)41-17-10-12-34(30-41)22-29-48(55-52(54)37-13-4-3-5-14-37)36-25-23-35(24-26-36)40-27-28-44-43-18-8-9-21-49(43)56-50(44)33-40/h3-33,48,52,55H,54H2,1-2H3/b29-22+. The first kappa shape index (κ1) is 34.4. The Bertz CT molecular complexity index is 2940. The lowest BCUT2D eigenvalue weighted by Gasteiger charge is -2.22. The fraction of sp³-hybridized carbons (Fsp3) is 0.0943. The summed E-state index contributed by atoms with van der Waals surface area (Å²) in [5.74, 6) is 0. The van der Waals surface area contributed by atoms with Gasteiger partial charge in [0.25, 0.3) is 0 Å². The largest absolute Gasteiger partial charge is 0.312 e. The molecule has 270 valence electrons. The molecule has 0 fully saturated rings. The molecule has 2 atom stereocenters. The van der Waals surface area contributed by atoms with E-state index >= 15 is 0 Å². The summed E-state index contributed by atoms with van der Waals surface area (Å²) in [5.41, 5.74) is 20.4. The van der Waals surface area contributed by atoms with Crippen molar-refractivity contribution < 1.29 is 0 Å². The van der Waals surface area contributed by atoms with Crippen molar-refractivity contribution in [2.45, 2.75) is 31.5 Å². The Morgan fingerprint density at radius 1 is 0.536 bits per heavy atom. The molecular formula is C53H42N2S. The van der Waals surface area contributed by atoms with Crippen molar-refractivity contribution in [3.8, 4) is 33.4 Å². The summed E-state index contributed by atoms with van der Waals surface area (Å²) < 4.78 is 2.64. The predicted octanol–water partition coefficient (Wildman–Crippen LogP) is 13.8. The fourth-order valence-electron chi connectivity index (χ4n) is 8.73. The topological polar surface area (TPSA) is 38.0 Å². The first-order valence-corrected chi connectivity index (χ1v) is 20.3. The van der Waals surface area contributed by atoms with E-state index in [1.807, 2.05) is 29.5 Å². The molecule has 2 nitrogen and oxygen atoms in total. The van der Waals surface area contributed by atoms with Crippen LogP contribution in [0.25, 0.3) is 70.4 Å². The van der Waals surface area contributed by atoms with Crippen LogP contribution in [0, 0.1) is 0 Å². The van der Waals surface area contributed by atoms with Crippen molar-refractivity contribution in [1.29, 1.82) is 0 Å². The van der Waals surface area contributed by atoms with E-state index in [-0.39, 0.29) is 17.6 Å². The average molecular weight is 739 g/mol. The van der Waals surface area contributed by atoms with Crippen LogP contribution < -0.4 is 11.1 Å². The molecule has 1 heterocycles. The SMILES string of the molecule is CC1(C)c2cc3ccccc3cc2-c2c(-c3cccc(/C=C/C(NC(N)c4ccccc4)c4ccc(-c5ccc6c(c5)sc5ccccc56)cc4)c3)cccc21. The number of fused-ring (bicyclic) bond motifs is 7. The molecule has 10 rings (SSSR count). The van der Waals surface area contributed by atoms with Crippen LogP contribution in [0.4, 0.5) is 0 Å². The molecular weight excluding hydrogens is 697 g/mol. The summed E-state index contributed by atoms with van der Waals surface area (Å²) in [4.78, 5) is 0. The lowest BCUT2D eigenvalue weighted by Crippen LogP contribution is -2.31. The van der Waals surface area contributed by atoms with Crippen LogP contribution in [0.3, 0.4) is 0 Å². The number of benzene rings is 8. The summed E-state index contributed by atoms with van der Waals surface area (Å²) >= 11 is 1.86. The first-order valence-electron chi connectivity index (χ1n) is 19.4. The van der Waals surface area contributed by atoms with Crippen LogP contribution in [0.1, 0.15) is 53.9 Å². The average Bonchev–Trinajstić information content (AvgIpc) is 3.73. The zero-order valence-corrected chi connectivity index (χ0v) is 32.4. The zero-order valence-electron chi connectivity index (χ0n) is 31.5. The molecule has 1 aliphatic carbocycles. The minimum Gasteiger partial charge on any atom is -0.312 e. The molecule has 0 amide bonds. The van der Waals surface area contributed by atoms with Crippen LogP contribution in [-0.4, -0.2) is 0 Å². The van der Waals surface area contributed by atoms with Gasteiger partial charge in [-0.05, 0) is 102 Å². The fourth-order valence-corrected chi connectivity index (χ4v) is 9.88. The maximum absolute atomic E-state index is 6.81. The van der Waals surface area contributed by atoms with Gasteiger partial charge in [-0.1, -0.05) is 172 Å². The molecule has 56 heavy (non-hydrogen) atoms. The first-order chi connectivity index (χ1) is 27.4. The second-order valence-electron chi connectivity index (χ2n) is 15.5. The molecule has 0 bridgehead atoms. The molecule has 9 aromatic rings. The molecule has 0 spiro atoms. The third kappa shape index (κ3) is 6.06. The van der Waals surface area contributed by atoms with Gasteiger partial charge in [0.1, 0.15) is 0 Å². The van der Waals surface area contributed by atoms with Gasteiger partial charge in [0.15, 0.2) is 0 Å². The Morgan fingerprint density at radius 3 is 2.09 bits per heavy atom. The second-order valence-corrected chi connectivity index (χ2v) is 16.6. The smallest absolute Gasteiger partial charge is 0.0817 e. The summed E-state index contributed by atoms with van der Waals surface area (Å²) in [6.45, 7) is 4.72. The summed E-state index contributed by atoms with van der Waals surface area (Å²) in [5, 5.41) is 8.94. The number of rotatable bonds is 8. The van der Waals surface area contributed by atoms with Gasteiger partial charge >= 0.3 is 0 Å². The molecule has 3 N–H and O–H groups in total. The Hall–Kier alpha value is -6.10. The van der Waals surface area contributed by atoms with Crippen molar-refractivity contribution >= 4 is 48.4 Å². The molecule has 1 aliphatic rings. The minimum absolute atomic E-state index is 0.0838. The van der Waals surface area contributed by atoms with Gasteiger partial charge in [-0.25, -0.2) is 0 Å². The minimum atomic E-state index is -0.335. The monoisotopic (exact) mass is 738 g/mol. The highest BCUT2D eigenvalue weighted by atomic mass is 32.1. The molecule has 1 aromatic heterocycles.